The zero-order chi connectivity index (χ0) is 30.6. The Morgan fingerprint density at radius 1 is 0.952 bits per heavy atom. The zero-order valence-electron chi connectivity index (χ0n) is 24.8. The highest BCUT2D eigenvalue weighted by Gasteiger charge is 2.82. The van der Waals surface area contributed by atoms with E-state index in [2.05, 4.69) is 0 Å². The van der Waals surface area contributed by atoms with Crippen molar-refractivity contribution in [1.29, 1.82) is 0 Å². The summed E-state index contributed by atoms with van der Waals surface area (Å²) in [4.78, 5) is 53.9. The van der Waals surface area contributed by atoms with Gasteiger partial charge in [-0.15, -0.1) is 0 Å². The Bertz CT molecular complexity index is 1310. The lowest BCUT2D eigenvalue weighted by Gasteiger charge is -2.73. The van der Waals surface area contributed by atoms with Crippen LogP contribution in [0.3, 0.4) is 0 Å². The summed E-state index contributed by atoms with van der Waals surface area (Å²) < 4.78 is 28.9. The quantitative estimate of drug-likeness (QED) is 0.497. The Morgan fingerprint density at radius 2 is 1.64 bits per heavy atom. The predicted octanol–water partition coefficient (Wildman–Crippen LogP) is 2.17. The fraction of sp³-hybridized carbons (Fsp3) is 0.742. The van der Waals surface area contributed by atoms with Crippen LogP contribution in [0, 0.1) is 39.4 Å². The number of fused-ring (bicyclic) bond motifs is 3. The number of furan rings is 1. The average Bonchev–Trinajstić information content (AvgIpc) is 3.53. The van der Waals surface area contributed by atoms with E-state index in [4.69, 9.17) is 23.4 Å². The van der Waals surface area contributed by atoms with Gasteiger partial charge in [-0.05, 0) is 24.0 Å². The molecule has 0 spiro atoms. The maximum Gasteiger partial charge on any atom is 0.303 e. The van der Waals surface area contributed by atoms with Gasteiger partial charge in [-0.3, -0.25) is 19.2 Å². The fourth-order valence-electron chi connectivity index (χ4n) is 10.6. The van der Waals surface area contributed by atoms with Crippen molar-refractivity contribution in [3.63, 3.8) is 0 Å². The Labute approximate surface area is 244 Å². The lowest BCUT2D eigenvalue weighted by Crippen LogP contribution is -2.80. The van der Waals surface area contributed by atoms with Gasteiger partial charge in [0.25, 0.3) is 0 Å². The number of Topliss-reactive ketones (excluding diaryl/α,β-unsaturated/α-hetero) is 2. The summed E-state index contributed by atoms with van der Waals surface area (Å²) in [6.45, 7) is 7.81. The van der Waals surface area contributed by atoms with Gasteiger partial charge in [0.2, 0.25) is 0 Å². The second kappa shape index (κ2) is 9.45. The third kappa shape index (κ3) is 3.42. The number of hydrogen-bond acceptors (Lipinski definition) is 11. The molecule has 1 aliphatic heterocycles. The van der Waals surface area contributed by atoms with Crippen LogP contribution in [-0.4, -0.2) is 78.1 Å². The van der Waals surface area contributed by atoms with Crippen molar-refractivity contribution < 1.29 is 52.8 Å². The molecule has 11 nitrogen and oxygen atoms in total. The normalized spacial score (nSPS) is 49.5. The summed E-state index contributed by atoms with van der Waals surface area (Å²) in [6.07, 6.45) is -2.11. The van der Waals surface area contributed by atoms with E-state index >= 15 is 4.79 Å². The molecule has 4 saturated carbocycles. The van der Waals surface area contributed by atoms with Crippen LogP contribution >= 0.6 is 0 Å². The molecule has 1 saturated heterocycles. The first-order chi connectivity index (χ1) is 19.7. The van der Waals surface area contributed by atoms with Gasteiger partial charge in [-0.25, -0.2) is 0 Å². The summed E-state index contributed by atoms with van der Waals surface area (Å²) in [5.41, 5.74) is -4.13. The van der Waals surface area contributed by atoms with Crippen LogP contribution < -0.4 is 0 Å². The molecule has 6 rings (SSSR count). The van der Waals surface area contributed by atoms with E-state index in [0.717, 1.165) is 0 Å². The predicted molar refractivity (Wildman–Crippen MR) is 142 cm³/mol. The number of methoxy groups -OCH3 is 1. The number of ether oxygens (including phenoxy) is 4. The van der Waals surface area contributed by atoms with Crippen LogP contribution in [0.2, 0.25) is 0 Å². The average molecular weight is 589 g/mol. The molecule has 5 fully saturated rings. The molecule has 0 aromatic carbocycles. The van der Waals surface area contributed by atoms with E-state index in [1.807, 2.05) is 6.92 Å². The molecule has 5 aliphatic rings. The highest BCUT2D eigenvalue weighted by atomic mass is 16.7. The maximum atomic E-state index is 15.0. The summed E-state index contributed by atoms with van der Waals surface area (Å²) in [6, 6.07) is 1.74. The van der Waals surface area contributed by atoms with E-state index in [9.17, 15) is 24.6 Å². The largest absolute Gasteiger partial charge is 0.472 e. The smallest absolute Gasteiger partial charge is 0.303 e. The molecule has 2 N–H and O–H groups in total. The van der Waals surface area contributed by atoms with Gasteiger partial charge in [0, 0.05) is 67.8 Å². The molecular weight excluding hydrogens is 548 g/mol. The second-order valence-corrected chi connectivity index (χ2v) is 13.8. The first-order valence-corrected chi connectivity index (χ1v) is 14.6. The minimum absolute atomic E-state index is 0.0114. The number of aliphatic hydroxyl groups is 2. The Hall–Kier alpha value is -2.60. The van der Waals surface area contributed by atoms with E-state index in [1.165, 1.54) is 33.5 Å². The molecule has 1 aromatic rings. The van der Waals surface area contributed by atoms with Crippen LogP contribution in [0.5, 0.6) is 0 Å². The van der Waals surface area contributed by atoms with E-state index in [-0.39, 0.29) is 31.7 Å². The van der Waals surface area contributed by atoms with Crippen LogP contribution in [0.1, 0.15) is 65.4 Å². The van der Waals surface area contributed by atoms with Gasteiger partial charge in [0.15, 0.2) is 18.2 Å². The SMILES string of the molecule is CO[C@H]1OC[C@]23[C@@H](O)C[C@@H](OC(C)=O)[C@]1(C)[C@@H]2C[C@@H](O)[C@@]1(C)[C@H]2C(=O)C[C@H](c4ccoc4)[C@@]2(C)[C@@H](OC(C)=O)C(=O)[C@@H]13. The molecule has 13 atom stereocenters. The van der Waals surface area contributed by atoms with Gasteiger partial charge in [0.05, 0.1) is 36.8 Å². The van der Waals surface area contributed by atoms with Crippen molar-refractivity contribution in [3.05, 3.63) is 24.2 Å². The zero-order valence-corrected chi connectivity index (χ0v) is 24.8. The molecule has 0 unspecified atom stereocenters. The molecule has 11 heteroatoms. The number of rotatable bonds is 4. The molecule has 1 aromatic heterocycles. The molecule has 2 heterocycles. The summed E-state index contributed by atoms with van der Waals surface area (Å²) >= 11 is 0. The van der Waals surface area contributed by atoms with Crippen molar-refractivity contribution in [2.75, 3.05) is 13.7 Å². The Morgan fingerprint density at radius 3 is 2.24 bits per heavy atom. The fourth-order valence-corrected chi connectivity index (χ4v) is 10.6. The monoisotopic (exact) mass is 588 g/mol. The van der Waals surface area contributed by atoms with Crippen molar-refractivity contribution in [2.24, 2.45) is 39.4 Å². The number of ketones is 2. The first kappa shape index (κ1) is 29.5. The number of esters is 2. The van der Waals surface area contributed by atoms with Crippen molar-refractivity contribution >= 4 is 23.5 Å². The lowest BCUT2D eigenvalue weighted by molar-refractivity contribution is -0.375. The molecule has 2 bridgehead atoms. The molecule has 42 heavy (non-hydrogen) atoms. The van der Waals surface area contributed by atoms with Crippen LogP contribution in [0.15, 0.2) is 23.0 Å². The maximum absolute atomic E-state index is 15.0. The molecular formula is C31H40O11. The van der Waals surface area contributed by atoms with E-state index in [1.54, 1.807) is 19.9 Å². The van der Waals surface area contributed by atoms with Crippen LogP contribution in [0.25, 0.3) is 0 Å². The van der Waals surface area contributed by atoms with Crippen LogP contribution in [0.4, 0.5) is 0 Å². The minimum Gasteiger partial charge on any atom is -0.472 e. The number of carbonyl (C=O) groups excluding carboxylic acids is 4. The number of carbonyl (C=O) groups is 4. The molecule has 0 radical (unpaired) electrons. The summed E-state index contributed by atoms with van der Waals surface area (Å²) in [5.74, 6) is -4.90. The molecule has 4 aliphatic carbocycles. The van der Waals surface area contributed by atoms with Crippen LogP contribution in [-0.2, 0) is 38.1 Å². The van der Waals surface area contributed by atoms with Crippen molar-refractivity contribution in [2.45, 2.75) is 90.5 Å². The Balaban J connectivity index is 1.57. The van der Waals surface area contributed by atoms with Gasteiger partial charge in [0.1, 0.15) is 11.9 Å². The van der Waals surface area contributed by atoms with Gasteiger partial charge in [-0.1, -0.05) is 20.8 Å². The second-order valence-electron chi connectivity index (χ2n) is 13.8. The molecule has 0 amide bonds. The van der Waals surface area contributed by atoms with Gasteiger partial charge in [-0.2, -0.15) is 0 Å². The first-order valence-electron chi connectivity index (χ1n) is 14.6. The number of hydrogen-bond donors (Lipinski definition) is 2. The number of aliphatic hydroxyl groups excluding tert-OH is 2. The molecule has 230 valence electrons. The lowest BCUT2D eigenvalue weighted by atomic mass is 9.33. The standard InChI is InChI=1S/C31H40O11/c1-14(32)41-22-11-21(36)31-13-40-27(38-6)29(22,4)19(31)10-20(35)30(5)24-18(34)9-17(16-7-8-39-12-16)28(24,3)26(42-15(2)33)23(37)25(30)31/h7-8,12,17,19-22,24-27,35-36H,9-11,13H2,1-6H3/t17-,19+,20-,21+,22-,24+,25+,26+,27+,28-,29+,30+,31-/m1/s1. The van der Waals surface area contributed by atoms with Crippen molar-refractivity contribution in [1.82, 2.24) is 0 Å². The topological polar surface area (TPSA) is 159 Å². The summed E-state index contributed by atoms with van der Waals surface area (Å²) in [7, 11) is 1.48. The summed E-state index contributed by atoms with van der Waals surface area (Å²) in [5, 5.41) is 24.2. The Kier molecular flexibility index (Phi) is 6.63. The van der Waals surface area contributed by atoms with E-state index < -0.39 is 93.8 Å². The third-order valence-corrected chi connectivity index (χ3v) is 12.1. The minimum atomic E-state index is -1.33. The third-order valence-electron chi connectivity index (χ3n) is 12.1. The van der Waals surface area contributed by atoms with Crippen molar-refractivity contribution in [3.8, 4) is 0 Å². The van der Waals surface area contributed by atoms with Gasteiger partial charge >= 0.3 is 11.9 Å². The highest BCUT2D eigenvalue weighted by Crippen LogP contribution is 2.75. The van der Waals surface area contributed by atoms with E-state index in [0.29, 0.717) is 5.56 Å². The highest BCUT2D eigenvalue weighted by molar-refractivity contribution is 5.97. The van der Waals surface area contributed by atoms with Gasteiger partial charge < -0.3 is 33.6 Å².